The van der Waals surface area contributed by atoms with Crippen molar-refractivity contribution in [1.29, 1.82) is 0 Å². The highest BCUT2D eigenvalue weighted by atomic mass is 35.5. The standard InChI is InChI=1S/C25H46Cl2N8O/c1-21(2)13-17(14-22(3,4)32-21)29-25(34-9-11-36-12-10-34)30-19(26)28-20(27)35(25)31-18-15-23(5,6)33-24(7,8)16-18/h17-18,29,31-33H,9-16H2,1-8H3. The molecular weight excluding hydrogens is 499 g/mol. The maximum absolute atomic E-state index is 6.89. The van der Waals surface area contributed by atoms with Crippen molar-refractivity contribution in [2.75, 3.05) is 26.3 Å². The maximum Gasteiger partial charge on any atom is 0.268 e. The van der Waals surface area contributed by atoms with E-state index < -0.39 is 5.91 Å². The van der Waals surface area contributed by atoms with Crippen LogP contribution in [0.2, 0.25) is 0 Å². The smallest absolute Gasteiger partial charge is 0.268 e. The maximum atomic E-state index is 6.89. The van der Waals surface area contributed by atoms with Crippen molar-refractivity contribution >= 4 is 33.8 Å². The van der Waals surface area contributed by atoms with Crippen LogP contribution in [-0.2, 0) is 4.74 Å². The summed E-state index contributed by atoms with van der Waals surface area (Å²) in [5.74, 6) is -1.02. The van der Waals surface area contributed by atoms with Crippen LogP contribution in [0, 0.1) is 0 Å². The van der Waals surface area contributed by atoms with Crippen LogP contribution in [0.1, 0.15) is 81.1 Å². The van der Waals surface area contributed by atoms with Crippen LogP contribution in [0.25, 0.3) is 0 Å². The van der Waals surface area contributed by atoms with Gasteiger partial charge in [0.1, 0.15) is 0 Å². The molecule has 206 valence electrons. The fourth-order valence-electron chi connectivity index (χ4n) is 7.17. The van der Waals surface area contributed by atoms with Crippen molar-refractivity contribution < 1.29 is 4.74 Å². The molecule has 4 rings (SSSR count). The quantitative estimate of drug-likeness (QED) is 0.395. The molecular formula is C25H46Cl2N8O. The molecule has 1 atom stereocenters. The highest BCUT2D eigenvalue weighted by Crippen LogP contribution is 2.35. The molecule has 0 spiro atoms. The number of hydrogen-bond acceptors (Lipinski definition) is 9. The molecule has 0 aromatic rings. The molecule has 3 saturated heterocycles. The Morgan fingerprint density at radius 3 is 1.78 bits per heavy atom. The highest BCUT2D eigenvalue weighted by Gasteiger charge is 2.52. The van der Waals surface area contributed by atoms with E-state index >= 15 is 0 Å². The lowest BCUT2D eigenvalue weighted by molar-refractivity contribution is -0.123. The van der Waals surface area contributed by atoms with Crippen molar-refractivity contribution in [1.82, 2.24) is 31.3 Å². The third-order valence-corrected chi connectivity index (χ3v) is 7.89. The summed E-state index contributed by atoms with van der Waals surface area (Å²) in [6.45, 7) is 20.6. The molecule has 36 heavy (non-hydrogen) atoms. The summed E-state index contributed by atoms with van der Waals surface area (Å²) in [6.07, 6.45) is 3.74. The molecule has 0 saturated carbocycles. The van der Waals surface area contributed by atoms with E-state index in [4.69, 9.17) is 32.9 Å². The van der Waals surface area contributed by atoms with Gasteiger partial charge in [-0.1, -0.05) is 0 Å². The van der Waals surface area contributed by atoms with Gasteiger partial charge in [0.25, 0.3) is 5.91 Å². The number of hydrogen-bond donors (Lipinski definition) is 4. The predicted octanol–water partition coefficient (Wildman–Crippen LogP) is 3.15. The number of nitrogens with one attached hydrogen (secondary N) is 4. The fourth-order valence-corrected chi connectivity index (χ4v) is 7.66. The van der Waals surface area contributed by atoms with E-state index in [9.17, 15) is 0 Å². The van der Waals surface area contributed by atoms with Crippen LogP contribution in [0.15, 0.2) is 9.98 Å². The lowest BCUT2D eigenvalue weighted by Crippen LogP contribution is -2.78. The van der Waals surface area contributed by atoms with Gasteiger partial charge in [0.05, 0.1) is 13.2 Å². The lowest BCUT2D eigenvalue weighted by atomic mass is 9.79. The van der Waals surface area contributed by atoms with Gasteiger partial charge in [0, 0.05) is 47.3 Å². The van der Waals surface area contributed by atoms with Gasteiger partial charge in [-0.3, -0.25) is 5.32 Å². The summed E-state index contributed by atoms with van der Waals surface area (Å²) in [6, 6.07) is 0.329. The SMILES string of the molecule is CC1(C)CC(NN2C(Cl)=NC(Cl)=NC2(NC2CC(C)(C)NC(C)(C)C2)N2CCOCC2)CC(C)(C)N1. The number of morpholine rings is 1. The second-order valence-corrected chi connectivity index (χ2v) is 14.3. The minimum absolute atomic E-state index is 0.0299. The Balaban J connectivity index is 1.71. The van der Waals surface area contributed by atoms with Gasteiger partial charge >= 0.3 is 0 Å². The first-order chi connectivity index (χ1) is 16.5. The van der Waals surface area contributed by atoms with Gasteiger partial charge in [-0.15, -0.1) is 0 Å². The first-order valence-corrected chi connectivity index (χ1v) is 14.0. The second kappa shape index (κ2) is 9.90. The largest absolute Gasteiger partial charge is 0.379 e. The highest BCUT2D eigenvalue weighted by molar-refractivity contribution is 6.71. The van der Waals surface area contributed by atoms with Crippen LogP contribution >= 0.6 is 23.2 Å². The first-order valence-electron chi connectivity index (χ1n) is 13.3. The molecule has 11 heteroatoms. The number of amidine groups is 2. The molecule has 3 fully saturated rings. The van der Waals surface area contributed by atoms with Crippen molar-refractivity contribution in [3.05, 3.63) is 0 Å². The third-order valence-electron chi connectivity index (χ3n) is 7.47. The fraction of sp³-hybridized carbons (Fsp3) is 0.920. The van der Waals surface area contributed by atoms with E-state index in [0.717, 1.165) is 25.7 Å². The average Bonchev–Trinajstić information content (AvgIpc) is 2.66. The summed E-state index contributed by atoms with van der Waals surface area (Å²) in [5, 5.41) is 13.8. The molecule has 1 unspecified atom stereocenters. The second-order valence-electron chi connectivity index (χ2n) is 13.6. The summed E-state index contributed by atoms with van der Waals surface area (Å²) < 4.78 is 5.71. The number of aliphatic imine (C=N–C) groups is 2. The number of nitrogens with zero attached hydrogens (tertiary/aromatic N) is 4. The minimum atomic E-state index is -1.02. The molecule has 4 aliphatic heterocycles. The van der Waals surface area contributed by atoms with Crippen LogP contribution < -0.4 is 21.4 Å². The van der Waals surface area contributed by atoms with Gasteiger partial charge in [-0.05, 0) is 104 Å². The zero-order chi connectivity index (χ0) is 26.6. The number of rotatable bonds is 5. The Morgan fingerprint density at radius 2 is 1.28 bits per heavy atom. The molecule has 0 aromatic carbocycles. The average molecular weight is 546 g/mol. The molecule has 0 amide bonds. The first kappa shape index (κ1) is 28.5. The van der Waals surface area contributed by atoms with E-state index in [1.807, 2.05) is 5.01 Å². The normalized spacial score (nSPS) is 33.2. The topological polar surface area (TPSA) is 88.5 Å². The van der Waals surface area contributed by atoms with Gasteiger partial charge < -0.3 is 15.4 Å². The van der Waals surface area contributed by atoms with E-state index in [1.54, 1.807) is 0 Å². The number of ether oxygens (including phenoxy) is 1. The van der Waals surface area contributed by atoms with Crippen LogP contribution in [0.5, 0.6) is 0 Å². The van der Waals surface area contributed by atoms with Crippen molar-refractivity contribution in [3.8, 4) is 0 Å². The molecule has 0 radical (unpaired) electrons. The zero-order valence-corrected chi connectivity index (χ0v) is 24.8. The number of piperidine rings is 2. The van der Waals surface area contributed by atoms with Crippen LogP contribution in [0.4, 0.5) is 0 Å². The Kier molecular flexibility index (Phi) is 7.83. The van der Waals surface area contributed by atoms with E-state index in [0.29, 0.717) is 26.3 Å². The summed E-state index contributed by atoms with van der Waals surface area (Å²) in [4.78, 5) is 11.7. The molecule has 9 nitrogen and oxygen atoms in total. The Hall–Kier alpha value is -0.520. The third kappa shape index (κ3) is 6.54. The van der Waals surface area contributed by atoms with Crippen LogP contribution in [-0.4, -0.2) is 87.0 Å². The molecule has 4 heterocycles. The van der Waals surface area contributed by atoms with Gasteiger partial charge in [-0.25, -0.2) is 15.3 Å². The van der Waals surface area contributed by atoms with E-state index in [-0.39, 0.29) is 44.8 Å². The van der Waals surface area contributed by atoms with Gasteiger partial charge in [0.15, 0.2) is 0 Å². The number of hydrazine groups is 1. The molecule has 0 aromatic heterocycles. The van der Waals surface area contributed by atoms with E-state index in [2.05, 4.69) is 86.7 Å². The zero-order valence-electron chi connectivity index (χ0n) is 23.3. The molecule has 0 aliphatic carbocycles. The molecule has 0 bridgehead atoms. The summed E-state index contributed by atoms with van der Waals surface area (Å²) >= 11 is 13.4. The molecule has 4 aliphatic rings. The van der Waals surface area contributed by atoms with Crippen molar-refractivity contribution in [2.45, 2.75) is 121 Å². The van der Waals surface area contributed by atoms with Crippen molar-refractivity contribution in [2.24, 2.45) is 9.98 Å². The Bertz CT molecular complexity index is 851. The predicted molar refractivity (Wildman–Crippen MR) is 148 cm³/mol. The monoisotopic (exact) mass is 544 g/mol. The minimum Gasteiger partial charge on any atom is -0.379 e. The summed E-state index contributed by atoms with van der Waals surface area (Å²) in [5.41, 5.74) is 3.63. The summed E-state index contributed by atoms with van der Waals surface area (Å²) in [7, 11) is 0. The van der Waals surface area contributed by atoms with Gasteiger partial charge in [-0.2, -0.15) is 9.98 Å². The van der Waals surface area contributed by atoms with E-state index in [1.165, 1.54) is 0 Å². The number of halogens is 2. The Morgan fingerprint density at radius 1 is 0.806 bits per heavy atom. The lowest BCUT2D eigenvalue weighted by Gasteiger charge is -2.56. The van der Waals surface area contributed by atoms with Crippen LogP contribution in [0.3, 0.4) is 0 Å². The Labute approximate surface area is 227 Å². The molecule has 4 N–H and O–H groups in total. The van der Waals surface area contributed by atoms with Gasteiger partial charge in [0.2, 0.25) is 10.6 Å². The van der Waals surface area contributed by atoms with Crippen molar-refractivity contribution in [3.63, 3.8) is 0 Å².